The summed E-state index contributed by atoms with van der Waals surface area (Å²) in [6.45, 7) is 6.52. The van der Waals surface area contributed by atoms with Gasteiger partial charge in [-0.15, -0.1) is 0 Å². The third kappa shape index (κ3) is 4.88. The van der Waals surface area contributed by atoms with E-state index in [1.165, 1.54) is 5.56 Å². The van der Waals surface area contributed by atoms with E-state index in [0.29, 0.717) is 6.61 Å². The molecule has 0 aliphatic heterocycles. The predicted molar refractivity (Wildman–Crippen MR) is 72.0 cm³/mol. The molecule has 0 bridgehead atoms. The summed E-state index contributed by atoms with van der Waals surface area (Å²) in [4.78, 5) is 11.7. The van der Waals surface area contributed by atoms with Crippen LogP contribution < -0.4 is 4.74 Å². The van der Waals surface area contributed by atoms with Crippen LogP contribution in [-0.2, 0) is 16.0 Å². The summed E-state index contributed by atoms with van der Waals surface area (Å²) >= 11 is 0. The van der Waals surface area contributed by atoms with Crippen LogP contribution in [0.3, 0.4) is 0 Å². The maximum Gasteiger partial charge on any atom is 0.175 e. The molecule has 0 aromatic heterocycles. The normalized spacial score (nSPS) is 11.3. The van der Waals surface area contributed by atoms with Gasteiger partial charge in [0.2, 0.25) is 0 Å². The summed E-state index contributed by atoms with van der Waals surface area (Å²) in [6, 6.07) is 7.77. The third-order valence-electron chi connectivity index (χ3n) is 2.72. The largest absolute Gasteiger partial charge is 0.486 e. The summed E-state index contributed by atoms with van der Waals surface area (Å²) in [5, 5.41) is 0. The van der Waals surface area contributed by atoms with E-state index in [-0.39, 0.29) is 17.8 Å². The Bertz CT molecular complexity index is 374. The predicted octanol–water partition coefficient (Wildman–Crippen LogP) is 2.87. The highest BCUT2D eigenvalue weighted by Gasteiger charge is 2.21. The van der Waals surface area contributed by atoms with Gasteiger partial charge in [0.15, 0.2) is 5.78 Å². The van der Waals surface area contributed by atoms with Gasteiger partial charge in [-0.25, -0.2) is 0 Å². The summed E-state index contributed by atoms with van der Waals surface area (Å²) in [5.74, 6) is 0.833. The SMILES string of the molecule is COCCc1ccc(OCC(=O)C(C)(C)C)cc1. The Morgan fingerprint density at radius 1 is 1.17 bits per heavy atom. The Kier molecular flexibility index (Phi) is 5.35. The molecular weight excluding hydrogens is 228 g/mol. The van der Waals surface area contributed by atoms with E-state index in [1.54, 1.807) is 7.11 Å². The second-order valence-corrected chi connectivity index (χ2v) is 5.35. The van der Waals surface area contributed by atoms with Crippen LogP contribution in [0.4, 0.5) is 0 Å². The van der Waals surface area contributed by atoms with Crippen molar-refractivity contribution in [2.45, 2.75) is 27.2 Å². The van der Waals surface area contributed by atoms with E-state index in [0.717, 1.165) is 12.2 Å². The second kappa shape index (κ2) is 6.55. The molecule has 0 N–H and O–H groups in total. The number of Topliss-reactive ketones (excluding diaryl/α,β-unsaturated/α-hetero) is 1. The van der Waals surface area contributed by atoms with Crippen LogP contribution in [0.15, 0.2) is 24.3 Å². The monoisotopic (exact) mass is 250 g/mol. The first kappa shape index (κ1) is 14.7. The minimum Gasteiger partial charge on any atom is -0.486 e. The van der Waals surface area contributed by atoms with Crippen LogP contribution in [0.1, 0.15) is 26.3 Å². The first-order valence-electron chi connectivity index (χ1n) is 6.17. The fourth-order valence-electron chi connectivity index (χ4n) is 1.34. The molecule has 0 fully saturated rings. The molecule has 0 atom stereocenters. The standard InChI is InChI=1S/C15H22O3/c1-15(2,3)14(16)11-18-13-7-5-12(6-8-13)9-10-17-4/h5-8H,9-11H2,1-4H3. The van der Waals surface area contributed by atoms with Crippen molar-refractivity contribution in [3.8, 4) is 5.75 Å². The van der Waals surface area contributed by atoms with Crippen LogP contribution in [0.25, 0.3) is 0 Å². The minimum absolute atomic E-state index is 0.103. The number of ether oxygens (including phenoxy) is 2. The van der Waals surface area contributed by atoms with E-state index < -0.39 is 0 Å². The second-order valence-electron chi connectivity index (χ2n) is 5.35. The zero-order valence-corrected chi connectivity index (χ0v) is 11.7. The summed E-state index contributed by atoms with van der Waals surface area (Å²) < 4.78 is 10.5. The smallest absolute Gasteiger partial charge is 0.175 e. The van der Waals surface area contributed by atoms with Gasteiger partial charge in [0, 0.05) is 12.5 Å². The van der Waals surface area contributed by atoms with Crippen LogP contribution in [-0.4, -0.2) is 26.1 Å². The molecule has 0 aliphatic rings. The van der Waals surface area contributed by atoms with Gasteiger partial charge in [0.25, 0.3) is 0 Å². The van der Waals surface area contributed by atoms with E-state index in [9.17, 15) is 4.79 Å². The first-order valence-corrected chi connectivity index (χ1v) is 6.17. The topological polar surface area (TPSA) is 35.5 Å². The van der Waals surface area contributed by atoms with Crippen LogP contribution >= 0.6 is 0 Å². The number of benzene rings is 1. The van der Waals surface area contributed by atoms with Gasteiger partial charge in [0.1, 0.15) is 12.4 Å². The molecule has 0 unspecified atom stereocenters. The molecule has 18 heavy (non-hydrogen) atoms. The maximum absolute atomic E-state index is 11.7. The molecule has 0 aliphatic carbocycles. The van der Waals surface area contributed by atoms with Crippen molar-refractivity contribution in [3.05, 3.63) is 29.8 Å². The molecule has 3 heteroatoms. The van der Waals surface area contributed by atoms with Gasteiger partial charge in [-0.2, -0.15) is 0 Å². The van der Waals surface area contributed by atoms with Crippen molar-refractivity contribution in [2.75, 3.05) is 20.3 Å². The lowest BCUT2D eigenvalue weighted by Crippen LogP contribution is -2.26. The Morgan fingerprint density at radius 2 is 1.78 bits per heavy atom. The maximum atomic E-state index is 11.7. The molecule has 0 amide bonds. The van der Waals surface area contributed by atoms with Crippen LogP contribution in [0.5, 0.6) is 5.75 Å². The zero-order valence-electron chi connectivity index (χ0n) is 11.7. The van der Waals surface area contributed by atoms with E-state index in [4.69, 9.17) is 9.47 Å². The van der Waals surface area contributed by atoms with Crippen molar-refractivity contribution in [1.82, 2.24) is 0 Å². The lowest BCUT2D eigenvalue weighted by atomic mass is 9.91. The molecule has 3 nitrogen and oxygen atoms in total. The summed E-state index contributed by atoms with van der Waals surface area (Å²) in [6.07, 6.45) is 0.887. The van der Waals surface area contributed by atoms with Crippen molar-refractivity contribution < 1.29 is 14.3 Å². The molecule has 0 radical (unpaired) electrons. The fraction of sp³-hybridized carbons (Fsp3) is 0.533. The molecule has 0 heterocycles. The van der Waals surface area contributed by atoms with E-state index >= 15 is 0 Å². The number of carbonyl (C=O) groups is 1. The molecule has 0 saturated heterocycles. The van der Waals surface area contributed by atoms with E-state index in [1.807, 2.05) is 45.0 Å². The Morgan fingerprint density at radius 3 is 2.28 bits per heavy atom. The molecule has 1 rings (SSSR count). The molecule has 1 aromatic carbocycles. The Labute approximate surface area is 109 Å². The highest BCUT2D eigenvalue weighted by Crippen LogP contribution is 2.17. The quantitative estimate of drug-likeness (QED) is 0.778. The third-order valence-corrected chi connectivity index (χ3v) is 2.72. The van der Waals surface area contributed by atoms with Crippen molar-refractivity contribution in [1.29, 1.82) is 0 Å². The highest BCUT2D eigenvalue weighted by atomic mass is 16.5. The molecule has 0 saturated carbocycles. The fourth-order valence-corrected chi connectivity index (χ4v) is 1.34. The average Bonchev–Trinajstić information content (AvgIpc) is 2.33. The lowest BCUT2D eigenvalue weighted by molar-refractivity contribution is -0.128. The van der Waals surface area contributed by atoms with Gasteiger partial charge in [0.05, 0.1) is 6.61 Å². The summed E-state index contributed by atoms with van der Waals surface area (Å²) in [5.41, 5.74) is 0.852. The van der Waals surface area contributed by atoms with Crippen molar-refractivity contribution >= 4 is 5.78 Å². The van der Waals surface area contributed by atoms with Gasteiger partial charge in [-0.05, 0) is 24.1 Å². The van der Waals surface area contributed by atoms with Crippen LogP contribution in [0, 0.1) is 5.41 Å². The van der Waals surface area contributed by atoms with Gasteiger partial charge < -0.3 is 9.47 Å². The molecule has 100 valence electrons. The number of ketones is 1. The molecule has 0 spiro atoms. The number of rotatable bonds is 6. The number of carbonyl (C=O) groups excluding carboxylic acids is 1. The first-order chi connectivity index (χ1) is 8.43. The summed E-state index contributed by atoms with van der Waals surface area (Å²) in [7, 11) is 1.69. The highest BCUT2D eigenvalue weighted by molar-refractivity contribution is 5.85. The van der Waals surface area contributed by atoms with Crippen molar-refractivity contribution in [3.63, 3.8) is 0 Å². The zero-order chi connectivity index (χ0) is 13.6. The minimum atomic E-state index is -0.349. The lowest BCUT2D eigenvalue weighted by Gasteiger charge is -2.16. The number of hydrogen-bond acceptors (Lipinski definition) is 3. The van der Waals surface area contributed by atoms with Crippen LogP contribution in [0.2, 0.25) is 0 Å². The number of hydrogen-bond donors (Lipinski definition) is 0. The van der Waals surface area contributed by atoms with Gasteiger partial charge in [-0.1, -0.05) is 32.9 Å². The average molecular weight is 250 g/mol. The van der Waals surface area contributed by atoms with E-state index in [2.05, 4.69) is 0 Å². The number of methoxy groups -OCH3 is 1. The van der Waals surface area contributed by atoms with Gasteiger partial charge in [-0.3, -0.25) is 4.79 Å². The Balaban J connectivity index is 2.46. The molecule has 1 aromatic rings. The molecular formula is C15H22O3. The van der Waals surface area contributed by atoms with Crippen molar-refractivity contribution in [2.24, 2.45) is 5.41 Å². The van der Waals surface area contributed by atoms with Gasteiger partial charge >= 0.3 is 0 Å². The Hall–Kier alpha value is -1.35.